The first-order valence-electron chi connectivity index (χ1n) is 8.78. The van der Waals surface area contributed by atoms with E-state index in [1.54, 1.807) is 6.07 Å². The first kappa shape index (κ1) is 18.2. The molecule has 0 spiro atoms. The van der Waals surface area contributed by atoms with Crippen LogP contribution in [0.1, 0.15) is 16.7 Å². The number of aliphatic imine (C=N–C) groups is 1. The highest BCUT2D eigenvalue weighted by molar-refractivity contribution is 5.92. The molecule has 3 N–H and O–H groups in total. The smallest absolute Gasteiger partial charge is 0.193 e. The first-order valence-corrected chi connectivity index (χ1v) is 8.78. The molecule has 0 unspecified atom stereocenters. The van der Waals surface area contributed by atoms with E-state index in [1.165, 1.54) is 17.2 Å². The fraction of sp³-hybridized carbons (Fsp3) is 0.350. The van der Waals surface area contributed by atoms with E-state index in [0.29, 0.717) is 44.5 Å². The van der Waals surface area contributed by atoms with E-state index in [2.05, 4.69) is 17.2 Å². The average molecular weight is 356 g/mol. The predicted octanol–water partition coefficient (Wildman–Crippen LogP) is 3.21. The lowest BCUT2D eigenvalue weighted by Crippen LogP contribution is -2.36. The predicted molar refractivity (Wildman–Crippen MR) is 104 cm³/mol. The summed E-state index contributed by atoms with van der Waals surface area (Å²) in [5.41, 5.74) is 10.6. The molecule has 0 aromatic heterocycles. The number of hydrogen-bond acceptors (Lipinski definition) is 3. The maximum absolute atomic E-state index is 14.4. The molecule has 1 aliphatic rings. The van der Waals surface area contributed by atoms with Crippen molar-refractivity contribution in [1.82, 2.24) is 0 Å². The Morgan fingerprint density at radius 2 is 1.92 bits per heavy atom. The average Bonchev–Trinajstić information content (AvgIpc) is 2.64. The highest BCUT2D eigenvalue weighted by atomic mass is 19.1. The van der Waals surface area contributed by atoms with Crippen molar-refractivity contribution in [3.63, 3.8) is 0 Å². The third-order valence-electron chi connectivity index (χ3n) is 4.58. The second kappa shape index (κ2) is 8.19. The molecule has 138 valence electrons. The van der Waals surface area contributed by atoms with Crippen LogP contribution in [-0.2, 0) is 11.3 Å². The van der Waals surface area contributed by atoms with Crippen LogP contribution in [0.2, 0.25) is 0 Å². The fourth-order valence-electron chi connectivity index (χ4n) is 2.89. The maximum atomic E-state index is 14.4. The van der Waals surface area contributed by atoms with Gasteiger partial charge in [-0.3, -0.25) is 0 Å². The minimum absolute atomic E-state index is 0.236. The van der Waals surface area contributed by atoms with Gasteiger partial charge in [0.1, 0.15) is 5.82 Å². The van der Waals surface area contributed by atoms with Gasteiger partial charge >= 0.3 is 0 Å². The third kappa shape index (κ3) is 4.52. The Morgan fingerprint density at radius 3 is 2.62 bits per heavy atom. The Hall–Kier alpha value is -2.60. The van der Waals surface area contributed by atoms with Crippen molar-refractivity contribution in [1.29, 1.82) is 0 Å². The van der Waals surface area contributed by atoms with Gasteiger partial charge in [0, 0.05) is 18.8 Å². The quantitative estimate of drug-likeness (QED) is 0.652. The molecule has 1 fully saturated rings. The third-order valence-corrected chi connectivity index (χ3v) is 4.58. The SMILES string of the molecule is Cc1ccc(NC(N)=NCc2ccc(N3CCOCC3)c(F)c2)cc1C. The minimum Gasteiger partial charge on any atom is -0.378 e. The van der Waals surface area contributed by atoms with Crippen LogP contribution in [0.5, 0.6) is 0 Å². The Morgan fingerprint density at radius 1 is 1.15 bits per heavy atom. The Kier molecular flexibility index (Phi) is 5.73. The van der Waals surface area contributed by atoms with Gasteiger partial charge < -0.3 is 20.7 Å². The normalized spacial score (nSPS) is 15.2. The van der Waals surface area contributed by atoms with Crippen molar-refractivity contribution in [3.05, 3.63) is 58.9 Å². The number of nitrogens with one attached hydrogen (secondary N) is 1. The largest absolute Gasteiger partial charge is 0.378 e. The highest BCUT2D eigenvalue weighted by Crippen LogP contribution is 2.22. The monoisotopic (exact) mass is 356 g/mol. The number of morpholine rings is 1. The van der Waals surface area contributed by atoms with Crippen LogP contribution in [0.4, 0.5) is 15.8 Å². The summed E-state index contributed by atoms with van der Waals surface area (Å²) in [4.78, 5) is 6.31. The van der Waals surface area contributed by atoms with Gasteiger partial charge in [-0.25, -0.2) is 9.38 Å². The number of nitrogens with zero attached hydrogens (tertiary/aromatic N) is 2. The first-order chi connectivity index (χ1) is 12.5. The van der Waals surface area contributed by atoms with E-state index in [0.717, 1.165) is 11.3 Å². The summed E-state index contributed by atoms with van der Waals surface area (Å²) in [5, 5.41) is 3.07. The number of nitrogens with two attached hydrogens (primary N) is 1. The number of anilines is 2. The van der Waals surface area contributed by atoms with Crippen LogP contribution >= 0.6 is 0 Å². The van der Waals surface area contributed by atoms with Crippen molar-refractivity contribution < 1.29 is 9.13 Å². The molecule has 0 radical (unpaired) electrons. The molecule has 6 heteroatoms. The summed E-state index contributed by atoms with van der Waals surface area (Å²) in [6.45, 7) is 7.11. The molecular weight excluding hydrogens is 331 g/mol. The molecule has 1 heterocycles. The van der Waals surface area contributed by atoms with Gasteiger partial charge in [0.05, 0.1) is 25.4 Å². The van der Waals surface area contributed by atoms with Crippen molar-refractivity contribution in [3.8, 4) is 0 Å². The molecule has 5 nitrogen and oxygen atoms in total. The highest BCUT2D eigenvalue weighted by Gasteiger charge is 2.15. The van der Waals surface area contributed by atoms with Gasteiger partial charge in [0.25, 0.3) is 0 Å². The van der Waals surface area contributed by atoms with E-state index in [4.69, 9.17) is 10.5 Å². The van der Waals surface area contributed by atoms with Crippen molar-refractivity contribution in [2.75, 3.05) is 36.5 Å². The lowest BCUT2D eigenvalue weighted by atomic mass is 10.1. The Bertz CT molecular complexity index is 800. The van der Waals surface area contributed by atoms with Crippen LogP contribution in [-0.4, -0.2) is 32.3 Å². The Labute approximate surface area is 153 Å². The van der Waals surface area contributed by atoms with Crippen LogP contribution in [0.25, 0.3) is 0 Å². The number of ether oxygens (including phenoxy) is 1. The number of rotatable bonds is 4. The van der Waals surface area contributed by atoms with Crippen molar-refractivity contribution in [2.24, 2.45) is 10.7 Å². The van der Waals surface area contributed by atoms with E-state index in [9.17, 15) is 4.39 Å². The summed E-state index contributed by atoms with van der Waals surface area (Å²) in [7, 11) is 0. The second-order valence-corrected chi connectivity index (χ2v) is 6.51. The van der Waals surface area contributed by atoms with Gasteiger partial charge in [-0.2, -0.15) is 0 Å². The summed E-state index contributed by atoms with van der Waals surface area (Å²) >= 11 is 0. The zero-order chi connectivity index (χ0) is 18.5. The number of benzene rings is 2. The molecule has 0 saturated carbocycles. The summed E-state index contributed by atoms with van der Waals surface area (Å²) in [5.74, 6) is 0.0752. The van der Waals surface area contributed by atoms with Gasteiger partial charge in [0.2, 0.25) is 0 Å². The van der Waals surface area contributed by atoms with E-state index < -0.39 is 0 Å². The van der Waals surface area contributed by atoms with Gasteiger partial charge in [-0.05, 0) is 54.8 Å². The number of aryl methyl sites for hydroxylation is 2. The molecular formula is C20H25FN4O. The summed E-state index contributed by atoms with van der Waals surface area (Å²) < 4.78 is 19.7. The van der Waals surface area contributed by atoms with Gasteiger partial charge in [-0.15, -0.1) is 0 Å². The topological polar surface area (TPSA) is 62.9 Å². The molecule has 1 aliphatic heterocycles. The zero-order valence-electron chi connectivity index (χ0n) is 15.3. The van der Waals surface area contributed by atoms with Crippen LogP contribution in [0.3, 0.4) is 0 Å². The van der Waals surface area contributed by atoms with Crippen molar-refractivity contribution in [2.45, 2.75) is 20.4 Å². The van der Waals surface area contributed by atoms with Crippen LogP contribution < -0.4 is 16.0 Å². The van der Waals surface area contributed by atoms with Crippen LogP contribution in [0.15, 0.2) is 41.4 Å². The summed E-state index contributed by atoms with van der Waals surface area (Å²) in [6, 6.07) is 11.2. The molecule has 2 aromatic rings. The number of halogens is 1. The van der Waals surface area contributed by atoms with Gasteiger partial charge in [-0.1, -0.05) is 12.1 Å². The van der Waals surface area contributed by atoms with E-state index in [1.807, 2.05) is 36.1 Å². The van der Waals surface area contributed by atoms with Crippen LogP contribution in [0, 0.1) is 19.7 Å². The Balaban J connectivity index is 1.63. The minimum atomic E-state index is -0.236. The maximum Gasteiger partial charge on any atom is 0.193 e. The van der Waals surface area contributed by atoms with E-state index in [-0.39, 0.29) is 5.82 Å². The second-order valence-electron chi connectivity index (χ2n) is 6.51. The standard InChI is InChI=1S/C20H25FN4O/c1-14-3-5-17(11-15(14)2)24-20(22)23-13-16-4-6-19(18(21)12-16)25-7-9-26-10-8-25/h3-6,11-12H,7-10,13H2,1-2H3,(H3,22,23,24). The molecule has 1 saturated heterocycles. The molecule has 2 aromatic carbocycles. The molecule has 0 bridgehead atoms. The molecule has 0 amide bonds. The molecule has 26 heavy (non-hydrogen) atoms. The molecule has 0 atom stereocenters. The lowest BCUT2D eigenvalue weighted by molar-refractivity contribution is 0.122. The zero-order valence-corrected chi connectivity index (χ0v) is 15.3. The lowest BCUT2D eigenvalue weighted by Gasteiger charge is -2.29. The number of hydrogen-bond donors (Lipinski definition) is 2. The van der Waals surface area contributed by atoms with Gasteiger partial charge in [0.15, 0.2) is 5.96 Å². The molecule has 3 rings (SSSR count). The molecule has 0 aliphatic carbocycles. The number of guanidine groups is 1. The fourth-order valence-corrected chi connectivity index (χ4v) is 2.89. The van der Waals surface area contributed by atoms with E-state index >= 15 is 0 Å². The van der Waals surface area contributed by atoms with Crippen molar-refractivity contribution >= 4 is 17.3 Å². The summed E-state index contributed by atoms with van der Waals surface area (Å²) in [6.07, 6.45) is 0.